The first-order chi connectivity index (χ1) is 5.92. The van der Waals surface area contributed by atoms with Crippen molar-refractivity contribution in [3.05, 3.63) is 24.3 Å². The highest BCUT2D eigenvalue weighted by molar-refractivity contribution is 6.95. The number of hydrogen-bond acceptors (Lipinski definition) is 2. The second-order valence-electron chi connectivity index (χ2n) is 2.70. The molecule has 1 aliphatic rings. The number of anilines is 1. The normalized spacial score (nSPS) is 16.2. The van der Waals surface area contributed by atoms with Crippen LogP contribution in [0, 0.1) is 0 Å². The van der Waals surface area contributed by atoms with Gasteiger partial charge in [0.25, 0.3) is 0 Å². The molecule has 4 heteroatoms. The van der Waals surface area contributed by atoms with Crippen LogP contribution in [0.5, 0.6) is 5.75 Å². The Morgan fingerprint density at radius 1 is 1.42 bits per heavy atom. The van der Waals surface area contributed by atoms with E-state index in [2.05, 4.69) is 10.6 Å². The van der Waals surface area contributed by atoms with Crippen molar-refractivity contribution >= 4 is 25.8 Å². The lowest BCUT2D eigenvalue weighted by Gasteiger charge is -2.29. The third-order valence-electron chi connectivity index (χ3n) is 1.97. The molecule has 12 heavy (non-hydrogen) atoms. The number of hydrogen-bond donors (Lipinski definition) is 0. The third kappa shape index (κ3) is 1.30. The average molecular weight is 200 g/mol. The Labute approximate surface area is 78.7 Å². The summed E-state index contributed by atoms with van der Waals surface area (Å²) in [6, 6.07) is 8.05. The fourth-order valence-electron chi connectivity index (χ4n) is 1.35. The smallest absolute Gasteiger partial charge is 0.224 e. The number of ether oxygens (including phenoxy) is 1. The first-order valence-electron chi connectivity index (χ1n) is 3.94. The van der Waals surface area contributed by atoms with E-state index < -0.39 is 8.99 Å². The molecule has 0 radical (unpaired) electrons. The van der Waals surface area contributed by atoms with Crippen molar-refractivity contribution in [1.29, 1.82) is 0 Å². The van der Waals surface area contributed by atoms with Crippen LogP contribution < -0.4 is 9.30 Å². The van der Waals surface area contributed by atoms with Crippen molar-refractivity contribution in [2.45, 2.75) is 0 Å². The summed E-state index contributed by atoms with van der Waals surface area (Å²) >= 11 is 5.92. The Morgan fingerprint density at radius 3 is 3.08 bits per heavy atom. The van der Waals surface area contributed by atoms with E-state index in [9.17, 15) is 0 Å². The zero-order chi connectivity index (χ0) is 8.39. The second-order valence-corrected chi connectivity index (χ2v) is 4.42. The molecule has 1 aromatic rings. The number of nitrogens with zero attached hydrogens (tertiary/aromatic N) is 1. The lowest BCUT2D eigenvalue weighted by molar-refractivity contribution is 0.317. The number of benzene rings is 1. The fourth-order valence-corrected chi connectivity index (χ4v) is 2.73. The van der Waals surface area contributed by atoms with E-state index in [1.807, 2.05) is 18.2 Å². The minimum absolute atomic E-state index is 0.615. The van der Waals surface area contributed by atoms with E-state index in [0.717, 1.165) is 24.6 Å². The Bertz CT molecular complexity index is 282. The number of halogens is 1. The summed E-state index contributed by atoms with van der Waals surface area (Å²) in [7, 11) is -0.615. The summed E-state index contributed by atoms with van der Waals surface area (Å²) in [6.07, 6.45) is 0. The minimum atomic E-state index is -0.615. The summed E-state index contributed by atoms with van der Waals surface area (Å²) in [5.41, 5.74) is 1.16. The molecule has 0 aliphatic carbocycles. The molecule has 0 aromatic heterocycles. The van der Waals surface area contributed by atoms with Crippen molar-refractivity contribution in [2.75, 3.05) is 17.7 Å². The van der Waals surface area contributed by atoms with Gasteiger partial charge in [-0.3, -0.25) is 0 Å². The Kier molecular flexibility index (Phi) is 2.23. The summed E-state index contributed by atoms with van der Waals surface area (Å²) in [5, 5.41) is 0. The molecule has 0 unspecified atom stereocenters. The number of rotatable bonds is 1. The van der Waals surface area contributed by atoms with Crippen LogP contribution in [0.2, 0.25) is 0 Å². The number of fused-ring (bicyclic) bond motifs is 1. The standard InChI is InChI=1S/C8H10ClNOSi/c9-12-10-5-6-11-8-4-2-1-3-7(8)10/h1-4H,5-6,12H2. The van der Waals surface area contributed by atoms with E-state index in [4.69, 9.17) is 15.8 Å². The van der Waals surface area contributed by atoms with Crippen molar-refractivity contribution in [3.63, 3.8) is 0 Å². The maximum atomic E-state index is 5.92. The summed E-state index contributed by atoms with van der Waals surface area (Å²) in [4.78, 5) is 0. The summed E-state index contributed by atoms with van der Waals surface area (Å²) in [5.74, 6) is 0.969. The van der Waals surface area contributed by atoms with Crippen LogP contribution in [0.25, 0.3) is 0 Å². The highest BCUT2D eigenvalue weighted by Gasteiger charge is 2.15. The average Bonchev–Trinajstić information content (AvgIpc) is 2.17. The molecule has 1 aliphatic heterocycles. The first-order valence-corrected chi connectivity index (χ1v) is 6.71. The zero-order valence-electron chi connectivity index (χ0n) is 6.66. The van der Waals surface area contributed by atoms with E-state index >= 15 is 0 Å². The van der Waals surface area contributed by atoms with Gasteiger partial charge in [0.15, 0.2) is 0 Å². The predicted octanol–water partition coefficient (Wildman–Crippen LogP) is 1.12. The van der Waals surface area contributed by atoms with Gasteiger partial charge < -0.3 is 9.30 Å². The summed E-state index contributed by atoms with van der Waals surface area (Å²) < 4.78 is 7.71. The molecule has 1 heterocycles. The molecule has 0 atom stereocenters. The van der Waals surface area contributed by atoms with E-state index in [1.54, 1.807) is 0 Å². The topological polar surface area (TPSA) is 12.5 Å². The van der Waals surface area contributed by atoms with Gasteiger partial charge in [0.2, 0.25) is 8.99 Å². The van der Waals surface area contributed by atoms with E-state index in [-0.39, 0.29) is 0 Å². The van der Waals surface area contributed by atoms with Crippen LogP contribution in [0.3, 0.4) is 0 Å². The lowest BCUT2D eigenvalue weighted by Crippen LogP contribution is -2.33. The monoisotopic (exact) mass is 199 g/mol. The quantitative estimate of drug-likeness (QED) is 0.497. The van der Waals surface area contributed by atoms with Crippen LogP contribution in [0.15, 0.2) is 24.3 Å². The van der Waals surface area contributed by atoms with Crippen molar-refractivity contribution < 1.29 is 4.74 Å². The zero-order valence-corrected chi connectivity index (χ0v) is 8.83. The van der Waals surface area contributed by atoms with Crippen molar-refractivity contribution in [3.8, 4) is 5.75 Å². The van der Waals surface area contributed by atoms with E-state index in [0.29, 0.717) is 0 Å². The molecule has 0 bridgehead atoms. The van der Waals surface area contributed by atoms with Gasteiger partial charge in [-0.15, -0.1) is 11.1 Å². The van der Waals surface area contributed by atoms with Crippen molar-refractivity contribution in [1.82, 2.24) is 0 Å². The predicted molar refractivity (Wildman–Crippen MR) is 53.7 cm³/mol. The van der Waals surface area contributed by atoms with Gasteiger partial charge in [-0.25, -0.2) is 0 Å². The van der Waals surface area contributed by atoms with Gasteiger partial charge in [-0.2, -0.15) is 0 Å². The van der Waals surface area contributed by atoms with Gasteiger partial charge in [0, 0.05) is 6.54 Å². The van der Waals surface area contributed by atoms with Crippen molar-refractivity contribution in [2.24, 2.45) is 0 Å². The molecular weight excluding hydrogens is 190 g/mol. The largest absolute Gasteiger partial charge is 0.490 e. The minimum Gasteiger partial charge on any atom is -0.490 e. The van der Waals surface area contributed by atoms with Crippen LogP contribution >= 0.6 is 11.1 Å². The molecule has 0 spiro atoms. The van der Waals surface area contributed by atoms with Crippen LogP contribution in [0.4, 0.5) is 5.69 Å². The highest BCUT2D eigenvalue weighted by Crippen LogP contribution is 2.30. The molecule has 2 rings (SSSR count). The SMILES string of the molecule is Cl[SiH2]N1CCOc2ccccc21. The van der Waals surface area contributed by atoms with Gasteiger partial charge in [-0.1, -0.05) is 12.1 Å². The van der Waals surface area contributed by atoms with Gasteiger partial charge >= 0.3 is 0 Å². The molecule has 0 amide bonds. The van der Waals surface area contributed by atoms with Gasteiger partial charge in [-0.05, 0) is 12.1 Å². The Morgan fingerprint density at radius 2 is 2.25 bits per heavy atom. The van der Waals surface area contributed by atoms with Crippen LogP contribution in [-0.2, 0) is 0 Å². The fraction of sp³-hybridized carbons (Fsp3) is 0.250. The van der Waals surface area contributed by atoms with Crippen LogP contribution in [0.1, 0.15) is 0 Å². The third-order valence-corrected chi connectivity index (χ3v) is 3.78. The van der Waals surface area contributed by atoms with Crippen LogP contribution in [-0.4, -0.2) is 22.1 Å². The molecular formula is C8H10ClNOSi. The lowest BCUT2D eigenvalue weighted by atomic mass is 10.2. The summed E-state index contributed by atoms with van der Waals surface area (Å²) in [6.45, 7) is 1.70. The number of para-hydroxylation sites is 2. The maximum Gasteiger partial charge on any atom is 0.224 e. The van der Waals surface area contributed by atoms with Gasteiger partial charge in [0.05, 0.1) is 5.69 Å². The highest BCUT2D eigenvalue weighted by atomic mass is 35.6. The molecule has 0 fully saturated rings. The molecule has 0 saturated heterocycles. The molecule has 0 N–H and O–H groups in total. The Balaban J connectivity index is 2.37. The molecule has 64 valence electrons. The molecule has 1 aromatic carbocycles. The molecule has 0 saturated carbocycles. The Hall–Kier alpha value is -0.673. The van der Waals surface area contributed by atoms with E-state index in [1.165, 1.54) is 0 Å². The first kappa shape index (κ1) is 7.95. The maximum absolute atomic E-state index is 5.92. The second kappa shape index (κ2) is 3.37. The van der Waals surface area contributed by atoms with Gasteiger partial charge in [0.1, 0.15) is 12.4 Å². The molecule has 2 nitrogen and oxygen atoms in total.